The summed E-state index contributed by atoms with van der Waals surface area (Å²) in [5.41, 5.74) is 2.74. The molecule has 0 aromatic heterocycles. The van der Waals surface area contributed by atoms with Crippen molar-refractivity contribution in [2.24, 2.45) is 0 Å². The molecule has 0 spiro atoms. The molecule has 0 aliphatic carbocycles. The van der Waals surface area contributed by atoms with Crippen LogP contribution in [0.25, 0.3) is 0 Å². The molecule has 0 unspecified atom stereocenters. The highest BCUT2D eigenvalue weighted by Crippen LogP contribution is 2.01. The van der Waals surface area contributed by atoms with E-state index in [-0.39, 0.29) is 0 Å². The van der Waals surface area contributed by atoms with Gasteiger partial charge in [-0.25, -0.2) is 0 Å². The second-order valence-electron chi connectivity index (χ2n) is 3.28. The van der Waals surface area contributed by atoms with Crippen LogP contribution in [0.2, 0.25) is 0 Å². The molecule has 0 saturated carbocycles. The summed E-state index contributed by atoms with van der Waals surface area (Å²) in [6, 6.07) is 0. The van der Waals surface area contributed by atoms with Crippen molar-refractivity contribution in [3.05, 3.63) is 35.5 Å². The molecule has 0 aromatic rings. The van der Waals surface area contributed by atoms with Crippen molar-refractivity contribution in [1.29, 1.82) is 0 Å². The van der Waals surface area contributed by atoms with Crippen LogP contribution in [-0.2, 0) is 0 Å². The molecule has 0 heteroatoms. The maximum atomic E-state index is 2.25. The molecule has 12 heavy (non-hydrogen) atoms. The Morgan fingerprint density at radius 3 is 2.25 bits per heavy atom. The largest absolute Gasteiger partial charge is 0.0846 e. The Hall–Kier alpha value is -0.780. The zero-order valence-electron chi connectivity index (χ0n) is 8.72. The van der Waals surface area contributed by atoms with E-state index < -0.39 is 0 Å². The summed E-state index contributed by atoms with van der Waals surface area (Å²) in [7, 11) is 0. The van der Waals surface area contributed by atoms with Gasteiger partial charge in [0.2, 0.25) is 0 Å². The van der Waals surface area contributed by atoms with E-state index in [0.29, 0.717) is 0 Å². The highest BCUT2D eigenvalue weighted by atomic mass is 13.9. The van der Waals surface area contributed by atoms with Gasteiger partial charge < -0.3 is 0 Å². The standard InChI is InChI=1S/C12H20/c1-5-6-9-12(4)10-7-8-11(2)3/h6,8-10H,5,7H2,1-4H3/b9-6+,12-10+. The second kappa shape index (κ2) is 6.90. The first kappa shape index (κ1) is 11.2. The monoisotopic (exact) mass is 164 g/mol. The van der Waals surface area contributed by atoms with Crippen molar-refractivity contribution in [3.63, 3.8) is 0 Å². The van der Waals surface area contributed by atoms with Gasteiger partial charge >= 0.3 is 0 Å². The number of rotatable bonds is 4. The molecule has 0 fully saturated rings. The topological polar surface area (TPSA) is 0 Å². The lowest BCUT2D eigenvalue weighted by molar-refractivity contribution is 1.21. The Morgan fingerprint density at radius 2 is 1.75 bits per heavy atom. The molecular weight excluding hydrogens is 144 g/mol. The van der Waals surface area contributed by atoms with E-state index in [0.717, 1.165) is 12.8 Å². The lowest BCUT2D eigenvalue weighted by atomic mass is 10.2. The zero-order valence-corrected chi connectivity index (χ0v) is 8.72. The lowest BCUT2D eigenvalue weighted by Crippen LogP contribution is -1.69. The average molecular weight is 164 g/mol. The van der Waals surface area contributed by atoms with Gasteiger partial charge in [-0.05, 0) is 33.6 Å². The first-order chi connectivity index (χ1) is 5.66. The van der Waals surface area contributed by atoms with E-state index in [1.165, 1.54) is 11.1 Å². The Bertz CT molecular complexity index is 188. The average Bonchev–Trinajstić information content (AvgIpc) is 2.00. The summed E-state index contributed by atoms with van der Waals surface area (Å²) < 4.78 is 0. The van der Waals surface area contributed by atoms with Crippen LogP contribution < -0.4 is 0 Å². The van der Waals surface area contributed by atoms with Gasteiger partial charge in [-0.1, -0.05) is 42.4 Å². The molecule has 68 valence electrons. The Labute approximate surface area is 76.7 Å². The highest BCUT2D eigenvalue weighted by Gasteiger charge is 1.80. The maximum Gasteiger partial charge on any atom is -0.0161 e. The second-order valence-corrected chi connectivity index (χ2v) is 3.28. The predicted octanol–water partition coefficient (Wildman–Crippen LogP) is 4.26. The van der Waals surface area contributed by atoms with Crippen LogP contribution in [0.3, 0.4) is 0 Å². The van der Waals surface area contributed by atoms with Gasteiger partial charge in [0.05, 0.1) is 0 Å². The van der Waals surface area contributed by atoms with E-state index >= 15 is 0 Å². The van der Waals surface area contributed by atoms with Crippen LogP contribution in [0.15, 0.2) is 35.5 Å². The van der Waals surface area contributed by atoms with Crippen LogP contribution in [0.1, 0.15) is 40.5 Å². The van der Waals surface area contributed by atoms with Crippen molar-refractivity contribution in [2.75, 3.05) is 0 Å². The van der Waals surface area contributed by atoms with Crippen LogP contribution >= 0.6 is 0 Å². The zero-order chi connectivity index (χ0) is 9.40. The van der Waals surface area contributed by atoms with Crippen LogP contribution in [0.5, 0.6) is 0 Å². The van der Waals surface area contributed by atoms with Gasteiger partial charge in [-0.15, -0.1) is 0 Å². The molecule has 0 aromatic carbocycles. The molecule has 0 radical (unpaired) electrons. The summed E-state index contributed by atoms with van der Waals surface area (Å²) in [4.78, 5) is 0. The predicted molar refractivity (Wildman–Crippen MR) is 57.2 cm³/mol. The maximum absolute atomic E-state index is 2.25. The molecule has 0 bridgehead atoms. The lowest BCUT2D eigenvalue weighted by Gasteiger charge is -1.90. The molecule has 0 atom stereocenters. The van der Waals surface area contributed by atoms with Gasteiger partial charge in [0.1, 0.15) is 0 Å². The van der Waals surface area contributed by atoms with E-state index in [2.05, 4.69) is 52.0 Å². The molecule has 0 aliphatic heterocycles. The van der Waals surface area contributed by atoms with E-state index in [1.54, 1.807) is 0 Å². The third kappa shape index (κ3) is 7.33. The first-order valence-electron chi connectivity index (χ1n) is 4.63. The van der Waals surface area contributed by atoms with Gasteiger partial charge in [0.25, 0.3) is 0 Å². The van der Waals surface area contributed by atoms with Gasteiger partial charge in [0, 0.05) is 0 Å². The van der Waals surface area contributed by atoms with E-state index in [4.69, 9.17) is 0 Å². The molecule has 0 aliphatic rings. The van der Waals surface area contributed by atoms with Gasteiger partial charge in [-0.3, -0.25) is 0 Å². The minimum atomic E-state index is 1.06. The number of hydrogen-bond acceptors (Lipinski definition) is 0. The molecule has 0 amide bonds. The van der Waals surface area contributed by atoms with E-state index in [1.807, 2.05) is 0 Å². The smallest absolute Gasteiger partial charge is 0.0161 e. The van der Waals surface area contributed by atoms with Gasteiger partial charge in [0.15, 0.2) is 0 Å². The molecule has 0 heterocycles. The van der Waals surface area contributed by atoms with Crippen LogP contribution in [0.4, 0.5) is 0 Å². The molecule has 0 saturated heterocycles. The quantitative estimate of drug-likeness (QED) is 0.430. The highest BCUT2D eigenvalue weighted by molar-refractivity contribution is 5.17. The Balaban J connectivity index is 3.85. The summed E-state index contributed by atoms with van der Waals surface area (Å²) in [5, 5.41) is 0. The molecule has 0 nitrogen and oxygen atoms in total. The van der Waals surface area contributed by atoms with Crippen LogP contribution in [0, 0.1) is 0 Å². The molecular formula is C12H20. The summed E-state index contributed by atoms with van der Waals surface area (Å²) in [6.45, 7) is 8.56. The van der Waals surface area contributed by atoms with E-state index in [9.17, 15) is 0 Å². The SMILES string of the molecule is CC/C=C/C(C)=C/CC=C(C)C. The Morgan fingerprint density at radius 1 is 1.08 bits per heavy atom. The normalized spacial score (nSPS) is 12.2. The minimum Gasteiger partial charge on any atom is -0.0846 e. The molecule has 0 rings (SSSR count). The van der Waals surface area contributed by atoms with Crippen molar-refractivity contribution in [3.8, 4) is 0 Å². The Kier molecular flexibility index (Phi) is 6.45. The van der Waals surface area contributed by atoms with Crippen molar-refractivity contribution < 1.29 is 0 Å². The van der Waals surface area contributed by atoms with Crippen molar-refractivity contribution >= 4 is 0 Å². The third-order valence-electron chi connectivity index (χ3n) is 1.58. The third-order valence-corrected chi connectivity index (χ3v) is 1.58. The molecule has 0 N–H and O–H groups in total. The van der Waals surface area contributed by atoms with Gasteiger partial charge in [-0.2, -0.15) is 0 Å². The minimum absolute atomic E-state index is 1.06. The number of allylic oxidation sites excluding steroid dienone is 6. The summed E-state index contributed by atoms with van der Waals surface area (Å²) in [5.74, 6) is 0. The fourth-order valence-corrected chi connectivity index (χ4v) is 0.852. The number of hydrogen-bond donors (Lipinski definition) is 0. The van der Waals surface area contributed by atoms with Crippen molar-refractivity contribution in [1.82, 2.24) is 0 Å². The van der Waals surface area contributed by atoms with Crippen molar-refractivity contribution in [2.45, 2.75) is 40.5 Å². The fraction of sp³-hybridized carbons (Fsp3) is 0.500. The van der Waals surface area contributed by atoms with Crippen LogP contribution in [-0.4, -0.2) is 0 Å². The summed E-state index contributed by atoms with van der Waals surface area (Å²) in [6.07, 6.45) is 11.0. The summed E-state index contributed by atoms with van der Waals surface area (Å²) >= 11 is 0. The first-order valence-corrected chi connectivity index (χ1v) is 4.63. The fourth-order valence-electron chi connectivity index (χ4n) is 0.852.